The molecule has 0 aliphatic carbocycles. The first kappa shape index (κ1) is 17.1. The zero-order chi connectivity index (χ0) is 17.1. The van der Waals surface area contributed by atoms with Crippen LogP contribution in [0.4, 0.5) is 8.78 Å². The fourth-order valence-electron chi connectivity index (χ4n) is 3.09. The third-order valence-electron chi connectivity index (χ3n) is 4.29. The maximum atomic E-state index is 14.3. The zero-order valence-corrected chi connectivity index (χ0v) is 14.1. The van der Waals surface area contributed by atoms with E-state index in [1.807, 2.05) is 6.92 Å². The van der Waals surface area contributed by atoms with Gasteiger partial charge in [-0.15, -0.1) is 0 Å². The molecule has 1 aromatic heterocycles. The second-order valence-corrected chi connectivity index (χ2v) is 6.39. The molecule has 128 valence electrons. The molecule has 6 heteroatoms. The van der Waals surface area contributed by atoms with E-state index in [4.69, 9.17) is 16.3 Å². The predicted molar refractivity (Wildman–Crippen MR) is 89.3 cm³/mol. The molecule has 2 heterocycles. The summed E-state index contributed by atoms with van der Waals surface area (Å²) in [4.78, 5) is 4.11. The van der Waals surface area contributed by atoms with Crippen molar-refractivity contribution in [3.05, 3.63) is 58.4 Å². The van der Waals surface area contributed by atoms with Crippen LogP contribution < -0.4 is 10.1 Å². The molecule has 2 aromatic rings. The molecule has 1 aliphatic rings. The molecule has 0 bridgehead atoms. The third-order valence-corrected chi connectivity index (χ3v) is 4.50. The molecule has 0 amide bonds. The second-order valence-electron chi connectivity index (χ2n) is 5.96. The van der Waals surface area contributed by atoms with Gasteiger partial charge >= 0.3 is 0 Å². The van der Waals surface area contributed by atoms with Crippen LogP contribution in [0, 0.1) is 17.6 Å². The summed E-state index contributed by atoms with van der Waals surface area (Å²) in [5, 5.41) is 3.79. The van der Waals surface area contributed by atoms with Crippen molar-refractivity contribution in [1.82, 2.24) is 10.3 Å². The molecule has 1 aromatic carbocycles. The number of ether oxygens (including phenoxy) is 1. The van der Waals surface area contributed by atoms with E-state index in [1.54, 1.807) is 18.5 Å². The quantitative estimate of drug-likeness (QED) is 0.871. The van der Waals surface area contributed by atoms with Gasteiger partial charge in [0.1, 0.15) is 11.9 Å². The van der Waals surface area contributed by atoms with Crippen LogP contribution in [0.5, 0.6) is 5.75 Å². The molecule has 0 spiro atoms. The Bertz CT molecular complexity index is 720. The van der Waals surface area contributed by atoms with Gasteiger partial charge in [0.2, 0.25) is 0 Å². The number of halogens is 3. The van der Waals surface area contributed by atoms with Gasteiger partial charge in [-0.2, -0.15) is 0 Å². The molecule has 3 rings (SSSR count). The molecule has 0 radical (unpaired) electrons. The minimum Gasteiger partial charge on any atom is -0.482 e. The maximum absolute atomic E-state index is 14.3. The van der Waals surface area contributed by atoms with Crippen molar-refractivity contribution < 1.29 is 13.5 Å². The highest BCUT2D eigenvalue weighted by Crippen LogP contribution is 2.36. The van der Waals surface area contributed by atoms with Crippen molar-refractivity contribution in [3.8, 4) is 5.75 Å². The fraction of sp³-hybridized carbons (Fsp3) is 0.389. The van der Waals surface area contributed by atoms with E-state index in [2.05, 4.69) is 10.3 Å². The average Bonchev–Trinajstić information content (AvgIpc) is 3.07. The maximum Gasteiger partial charge on any atom is 0.168 e. The first-order valence-corrected chi connectivity index (χ1v) is 8.42. The van der Waals surface area contributed by atoms with Crippen LogP contribution >= 0.6 is 11.6 Å². The lowest BCUT2D eigenvalue weighted by atomic mass is 9.95. The largest absolute Gasteiger partial charge is 0.482 e. The normalized spacial score (nSPS) is 18.6. The predicted octanol–water partition coefficient (Wildman–Crippen LogP) is 4.31. The topological polar surface area (TPSA) is 34.1 Å². The van der Waals surface area contributed by atoms with Crippen molar-refractivity contribution in [1.29, 1.82) is 0 Å². The molecule has 24 heavy (non-hydrogen) atoms. The number of aryl methyl sites for hydroxylation is 1. The monoisotopic (exact) mass is 352 g/mol. The first-order valence-electron chi connectivity index (χ1n) is 8.04. The summed E-state index contributed by atoms with van der Waals surface area (Å²) >= 11 is 6.05. The Labute approximate surface area is 145 Å². The minimum absolute atomic E-state index is 0.107. The van der Waals surface area contributed by atoms with Crippen LogP contribution in [0.15, 0.2) is 30.6 Å². The lowest BCUT2D eigenvalue weighted by molar-refractivity contribution is 0.136. The van der Waals surface area contributed by atoms with Gasteiger partial charge in [0, 0.05) is 36.5 Å². The smallest absolute Gasteiger partial charge is 0.168 e. The van der Waals surface area contributed by atoms with Crippen molar-refractivity contribution in [3.63, 3.8) is 0 Å². The standard InChI is InChI=1S/C18H19ClF2N2O/c1-2-11-6-15(20)7-16(21)18(11)24-17(12-3-4-22-8-12)13-5-14(19)10-23-9-13/h5-7,9-10,12,17,22H,2-4,8H2,1H3. The van der Waals surface area contributed by atoms with Crippen LogP contribution in [0.1, 0.15) is 30.6 Å². The van der Waals surface area contributed by atoms with E-state index in [9.17, 15) is 8.78 Å². The zero-order valence-electron chi connectivity index (χ0n) is 13.4. The molecular weight excluding hydrogens is 334 g/mol. The van der Waals surface area contributed by atoms with Gasteiger partial charge in [-0.05, 0) is 37.1 Å². The van der Waals surface area contributed by atoms with Crippen LogP contribution in [-0.2, 0) is 6.42 Å². The number of benzene rings is 1. The van der Waals surface area contributed by atoms with Gasteiger partial charge in [0.15, 0.2) is 11.6 Å². The molecule has 1 saturated heterocycles. The van der Waals surface area contributed by atoms with Gasteiger partial charge < -0.3 is 10.1 Å². The van der Waals surface area contributed by atoms with E-state index in [0.717, 1.165) is 31.1 Å². The van der Waals surface area contributed by atoms with Crippen LogP contribution in [0.3, 0.4) is 0 Å². The van der Waals surface area contributed by atoms with E-state index in [0.29, 0.717) is 17.0 Å². The fourth-order valence-corrected chi connectivity index (χ4v) is 3.27. The van der Waals surface area contributed by atoms with Gasteiger partial charge in [-0.25, -0.2) is 8.78 Å². The molecule has 1 fully saturated rings. The summed E-state index contributed by atoms with van der Waals surface area (Å²) in [7, 11) is 0. The summed E-state index contributed by atoms with van der Waals surface area (Å²) in [6, 6.07) is 3.96. The Hall–Kier alpha value is -1.72. The Kier molecular flexibility index (Phi) is 5.31. The van der Waals surface area contributed by atoms with Crippen molar-refractivity contribution in [2.45, 2.75) is 25.9 Å². The number of hydrogen-bond acceptors (Lipinski definition) is 3. The average molecular weight is 353 g/mol. The minimum atomic E-state index is -0.683. The third kappa shape index (κ3) is 3.68. The number of aromatic nitrogens is 1. The number of pyridine rings is 1. The summed E-state index contributed by atoms with van der Waals surface area (Å²) in [6.45, 7) is 3.49. The SMILES string of the molecule is CCc1cc(F)cc(F)c1OC(c1cncc(Cl)c1)C1CCNC1. The van der Waals surface area contributed by atoms with Gasteiger partial charge in [0.25, 0.3) is 0 Å². The Morgan fingerprint density at radius 1 is 1.33 bits per heavy atom. The lowest BCUT2D eigenvalue weighted by Gasteiger charge is -2.26. The van der Waals surface area contributed by atoms with E-state index in [-0.39, 0.29) is 11.7 Å². The molecule has 0 saturated carbocycles. The van der Waals surface area contributed by atoms with Crippen LogP contribution in [-0.4, -0.2) is 18.1 Å². The van der Waals surface area contributed by atoms with Crippen molar-refractivity contribution >= 4 is 11.6 Å². The summed E-state index contributed by atoms with van der Waals surface area (Å²) in [6.07, 6.45) is 4.22. The van der Waals surface area contributed by atoms with Crippen LogP contribution in [0.25, 0.3) is 0 Å². The molecule has 2 atom stereocenters. The molecular formula is C18H19ClF2N2O. The summed E-state index contributed by atoms with van der Waals surface area (Å²) < 4.78 is 33.9. The number of hydrogen-bond donors (Lipinski definition) is 1. The Morgan fingerprint density at radius 3 is 2.83 bits per heavy atom. The van der Waals surface area contributed by atoms with Crippen molar-refractivity contribution in [2.75, 3.05) is 13.1 Å². The molecule has 2 unspecified atom stereocenters. The highest BCUT2D eigenvalue weighted by Gasteiger charge is 2.30. The highest BCUT2D eigenvalue weighted by molar-refractivity contribution is 6.30. The van der Waals surface area contributed by atoms with Crippen molar-refractivity contribution in [2.24, 2.45) is 5.92 Å². The summed E-state index contributed by atoms with van der Waals surface area (Å²) in [5.74, 6) is -1.01. The molecule has 1 N–H and O–H groups in total. The van der Waals surface area contributed by atoms with E-state index < -0.39 is 17.7 Å². The number of nitrogens with zero attached hydrogens (tertiary/aromatic N) is 1. The van der Waals surface area contributed by atoms with E-state index >= 15 is 0 Å². The first-order chi connectivity index (χ1) is 11.6. The Balaban J connectivity index is 1.98. The van der Waals surface area contributed by atoms with Gasteiger partial charge in [-0.1, -0.05) is 18.5 Å². The number of rotatable bonds is 5. The molecule has 3 nitrogen and oxygen atoms in total. The lowest BCUT2D eigenvalue weighted by Crippen LogP contribution is -2.22. The second kappa shape index (κ2) is 7.45. The van der Waals surface area contributed by atoms with Gasteiger partial charge in [-0.3, -0.25) is 4.98 Å². The Morgan fingerprint density at radius 2 is 2.17 bits per heavy atom. The highest BCUT2D eigenvalue weighted by atomic mass is 35.5. The van der Waals surface area contributed by atoms with Gasteiger partial charge in [0.05, 0.1) is 5.02 Å². The van der Waals surface area contributed by atoms with E-state index in [1.165, 1.54) is 6.07 Å². The summed E-state index contributed by atoms with van der Waals surface area (Å²) in [5.41, 5.74) is 1.31. The molecule has 1 aliphatic heterocycles. The van der Waals surface area contributed by atoms with Crippen LogP contribution in [0.2, 0.25) is 5.02 Å². The number of nitrogens with one attached hydrogen (secondary N) is 1.